The molecule has 6 heteroatoms. The summed E-state index contributed by atoms with van der Waals surface area (Å²) in [6.45, 7) is 1.23. The number of benzene rings is 1. The molecule has 1 aliphatic heterocycles. The summed E-state index contributed by atoms with van der Waals surface area (Å²) in [6.07, 6.45) is 1.21. The fourth-order valence-electron chi connectivity index (χ4n) is 1.94. The highest BCUT2D eigenvalue weighted by Crippen LogP contribution is 2.32. The first kappa shape index (κ1) is 12.2. The highest BCUT2D eigenvalue weighted by atomic mass is 32.2. The van der Waals surface area contributed by atoms with Crippen LogP contribution in [0, 0.1) is 0 Å². The molecule has 2 N–H and O–H groups in total. The Balaban J connectivity index is 2.36. The zero-order valence-corrected chi connectivity index (χ0v) is 10.7. The standard InChI is InChI=1S/C11H16N2O3S/c1-16-7-8-6-12-11-9(13-8)4-3-5-10(11)17(2,14)15/h3-5,8,12-13H,6-7H2,1-2H3. The van der Waals surface area contributed by atoms with Gasteiger partial charge in [-0.25, -0.2) is 8.42 Å². The third-order valence-corrected chi connectivity index (χ3v) is 3.82. The van der Waals surface area contributed by atoms with Crippen LogP contribution in [0.2, 0.25) is 0 Å². The molecule has 1 aliphatic rings. The first-order valence-electron chi connectivity index (χ1n) is 5.35. The number of anilines is 2. The summed E-state index contributed by atoms with van der Waals surface area (Å²) in [5.74, 6) is 0. The van der Waals surface area contributed by atoms with E-state index in [1.165, 1.54) is 6.26 Å². The Kier molecular flexibility index (Phi) is 3.26. The second kappa shape index (κ2) is 4.54. The first-order chi connectivity index (χ1) is 8.02. The lowest BCUT2D eigenvalue weighted by Gasteiger charge is -2.29. The van der Waals surface area contributed by atoms with Gasteiger partial charge in [0, 0.05) is 19.9 Å². The Morgan fingerprint density at radius 1 is 1.47 bits per heavy atom. The van der Waals surface area contributed by atoms with E-state index < -0.39 is 9.84 Å². The number of methoxy groups -OCH3 is 1. The Bertz CT molecular complexity index is 513. The van der Waals surface area contributed by atoms with E-state index in [2.05, 4.69) is 10.6 Å². The van der Waals surface area contributed by atoms with Crippen molar-refractivity contribution in [2.75, 3.05) is 37.2 Å². The van der Waals surface area contributed by atoms with E-state index in [4.69, 9.17) is 4.74 Å². The molecule has 1 atom stereocenters. The van der Waals surface area contributed by atoms with Gasteiger partial charge in [0.25, 0.3) is 0 Å². The van der Waals surface area contributed by atoms with Crippen LogP contribution in [0.1, 0.15) is 0 Å². The summed E-state index contributed by atoms with van der Waals surface area (Å²) in [5.41, 5.74) is 1.46. The van der Waals surface area contributed by atoms with Crippen LogP contribution < -0.4 is 10.6 Å². The molecule has 0 aromatic heterocycles. The van der Waals surface area contributed by atoms with E-state index in [-0.39, 0.29) is 6.04 Å². The van der Waals surface area contributed by atoms with E-state index in [0.717, 1.165) is 5.69 Å². The number of fused-ring (bicyclic) bond motifs is 1. The van der Waals surface area contributed by atoms with Crippen LogP contribution in [0.5, 0.6) is 0 Å². The molecule has 0 spiro atoms. The largest absolute Gasteiger partial charge is 0.382 e. The highest BCUT2D eigenvalue weighted by molar-refractivity contribution is 7.90. The fraction of sp³-hybridized carbons (Fsp3) is 0.455. The molecule has 94 valence electrons. The minimum atomic E-state index is -3.21. The van der Waals surface area contributed by atoms with Crippen molar-refractivity contribution in [1.29, 1.82) is 0 Å². The molecule has 17 heavy (non-hydrogen) atoms. The maximum Gasteiger partial charge on any atom is 0.177 e. The molecule has 0 fully saturated rings. The summed E-state index contributed by atoms with van der Waals surface area (Å²) in [6, 6.07) is 5.36. The number of hydrogen-bond acceptors (Lipinski definition) is 5. The average Bonchev–Trinajstić information content (AvgIpc) is 2.27. The lowest BCUT2D eigenvalue weighted by atomic mass is 10.1. The number of rotatable bonds is 3. The highest BCUT2D eigenvalue weighted by Gasteiger charge is 2.22. The Hall–Kier alpha value is -1.27. The fourth-order valence-corrected chi connectivity index (χ4v) is 2.82. The number of ether oxygens (including phenoxy) is 1. The zero-order valence-electron chi connectivity index (χ0n) is 9.86. The van der Waals surface area contributed by atoms with Crippen molar-refractivity contribution in [3.05, 3.63) is 18.2 Å². The quantitative estimate of drug-likeness (QED) is 0.842. The van der Waals surface area contributed by atoms with Crippen LogP contribution in [-0.4, -0.2) is 41.0 Å². The van der Waals surface area contributed by atoms with Gasteiger partial charge < -0.3 is 15.4 Å². The van der Waals surface area contributed by atoms with Gasteiger partial charge in [-0.1, -0.05) is 6.07 Å². The Morgan fingerprint density at radius 3 is 2.88 bits per heavy atom. The predicted molar refractivity (Wildman–Crippen MR) is 67.3 cm³/mol. The summed E-state index contributed by atoms with van der Waals surface area (Å²) in [5, 5.41) is 6.41. The van der Waals surface area contributed by atoms with Crippen molar-refractivity contribution in [3.63, 3.8) is 0 Å². The number of hydrogen-bond donors (Lipinski definition) is 2. The average molecular weight is 256 g/mol. The SMILES string of the molecule is COCC1CNc2c(cccc2S(C)(=O)=O)N1. The van der Waals surface area contributed by atoms with Crippen molar-refractivity contribution in [2.24, 2.45) is 0 Å². The molecule has 0 saturated carbocycles. The number of nitrogens with one attached hydrogen (secondary N) is 2. The topological polar surface area (TPSA) is 67.4 Å². The van der Waals surface area contributed by atoms with Crippen molar-refractivity contribution < 1.29 is 13.2 Å². The van der Waals surface area contributed by atoms with Gasteiger partial charge in [-0.05, 0) is 12.1 Å². The van der Waals surface area contributed by atoms with Gasteiger partial charge in [0.15, 0.2) is 9.84 Å². The molecule has 1 unspecified atom stereocenters. The minimum absolute atomic E-state index is 0.155. The van der Waals surface area contributed by atoms with E-state index in [1.807, 2.05) is 6.07 Å². The number of sulfone groups is 1. The van der Waals surface area contributed by atoms with Crippen LogP contribution in [-0.2, 0) is 14.6 Å². The molecule has 0 amide bonds. The van der Waals surface area contributed by atoms with E-state index in [1.54, 1.807) is 19.2 Å². The normalized spacial score (nSPS) is 19.1. The molecule has 1 aromatic rings. The van der Waals surface area contributed by atoms with Crippen molar-refractivity contribution >= 4 is 21.2 Å². The molecular formula is C11H16N2O3S. The maximum absolute atomic E-state index is 11.6. The summed E-state index contributed by atoms with van der Waals surface area (Å²) >= 11 is 0. The van der Waals surface area contributed by atoms with Gasteiger partial charge in [0.1, 0.15) is 0 Å². The van der Waals surface area contributed by atoms with Crippen LogP contribution in [0.25, 0.3) is 0 Å². The monoisotopic (exact) mass is 256 g/mol. The Morgan fingerprint density at radius 2 is 2.24 bits per heavy atom. The smallest absolute Gasteiger partial charge is 0.177 e. The lowest BCUT2D eigenvalue weighted by Crippen LogP contribution is -2.37. The molecule has 2 rings (SSSR count). The maximum atomic E-state index is 11.6. The molecule has 0 radical (unpaired) electrons. The van der Waals surface area contributed by atoms with Crippen molar-refractivity contribution in [2.45, 2.75) is 10.9 Å². The van der Waals surface area contributed by atoms with Gasteiger partial charge in [-0.2, -0.15) is 0 Å². The van der Waals surface area contributed by atoms with Gasteiger partial charge in [0.05, 0.1) is 28.9 Å². The van der Waals surface area contributed by atoms with Gasteiger partial charge in [-0.3, -0.25) is 0 Å². The van der Waals surface area contributed by atoms with Gasteiger partial charge in [0.2, 0.25) is 0 Å². The molecule has 5 nitrogen and oxygen atoms in total. The van der Waals surface area contributed by atoms with Crippen molar-refractivity contribution in [3.8, 4) is 0 Å². The first-order valence-corrected chi connectivity index (χ1v) is 7.24. The second-order valence-electron chi connectivity index (χ2n) is 4.13. The van der Waals surface area contributed by atoms with Gasteiger partial charge in [-0.15, -0.1) is 0 Å². The van der Waals surface area contributed by atoms with Crippen LogP contribution in [0.3, 0.4) is 0 Å². The predicted octanol–water partition coefficient (Wildman–Crippen LogP) is 0.942. The molecular weight excluding hydrogens is 240 g/mol. The third-order valence-electron chi connectivity index (χ3n) is 2.68. The second-order valence-corrected chi connectivity index (χ2v) is 6.11. The van der Waals surface area contributed by atoms with Gasteiger partial charge >= 0.3 is 0 Å². The molecule has 0 aliphatic carbocycles. The lowest BCUT2D eigenvalue weighted by molar-refractivity contribution is 0.188. The number of para-hydroxylation sites is 1. The summed E-state index contributed by atoms with van der Waals surface area (Å²) in [7, 11) is -1.56. The third kappa shape index (κ3) is 2.53. The van der Waals surface area contributed by atoms with E-state index in [9.17, 15) is 8.42 Å². The minimum Gasteiger partial charge on any atom is -0.382 e. The summed E-state index contributed by atoms with van der Waals surface area (Å²) < 4.78 is 28.3. The molecule has 0 saturated heterocycles. The Labute approximate surface area is 101 Å². The van der Waals surface area contributed by atoms with E-state index in [0.29, 0.717) is 23.7 Å². The van der Waals surface area contributed by atoms with Crippen LogP contribution in [0.4, 0.5) is 11.4 Å². The van der Waals surface area contributed by atoms with Crippen LogP contribution in [0.15, 0.2) is 23.1 Å². The molecule has 1 heterocycles. The molecule has 0 bridgehead atoms. The van der Waals surface area contributed by atoms with Crippen LogP contribution >= 0.6 is 0 Å². The van der Waals surface area contributed by atoms with E-state index >= 15 is 0 Å². The summed E-state index contributed by atoms with van der Waals surface area (Å²) in [4.78, 5) is 0.332. The zero-order chi connectivity index (χ0) is 12.5. The molecule has 1 aromatic carbocycles. The van der Waals surface area contributed by atoms with Crippen molar-refractivity contribution in [1.82, 2.24) is 0 Å².